The van der Waals surface area contributed by atoms with Crippen molar-refractivity contribution in [2.24, 2.45) is 0 Å². The summed E-state index contributed by atoms with van der Waals surface area (Å²) in [7, 11) is -1.77. The fourth-order valence-corrected chi connectivity index (χ4v) is 4.71. The predicted molar refractivity (Wildman–Crippen MR) is 108 cm³/mol. The molecular formula is C21H26N2O4S. The second kappa shape index (κ2) is 9.21. The van der Waals surface area contributed by atoms with Gasteiger partial charge in [0.1, 0.15) is 5.75 Å². The van der Waals surface area contributed by atoms with Gasteiger partial charge in [-0.15, -0.1) is 0 Å². The highest BCUT2D eigenvalue weighted by molar-refractivity contribution is 7.89. The third-order valence-corrected chi connectivity index (χ3v) is 6.83. The first kappa shape index (κ1) is 20.4. The molecule has 6 nitrogen and oxygen atoms in total. The van der Waals surface area contributed by atoms with Crippen LogP contribution in [-0.4, -0.2) is 38.8 Å². The van der Waals surface area contributed by atoms with E-state index in [1.54, 1.807) is 31.4 Å². The number of carbonyl (C=O) groups excluding carboxylic acids is 1. The maximum absolute atomic E-state index is 12.5. The van der Waals surface area contributed by atoms with Crippen molar-refractivity contribution in [3.05, 3.63) is 59.7 Å². The molecule has 0 aliphatic carbocycles. The monoisotopic (exact) mass is 402 g/mol. The highest BCUT2D eigenvalue weighted by Crippen LogP contribution is 2.21. The molecule has 0 bridgehead atoms. The Morgan fingerprint density at radius 1 is 1.00 bits per heavy atom. The van der Waals surface area contributed by atoms with Gasteiger partial charge < -0.3 is 10.1 Å². The SMILES string of the molecule is COc1ccc(CCC(=O)NCc2ccc(S(=O)(=O)N3CCCC3)cc2)cc1. The normalized spacial score (nSPS) is 14.8. The minimum absolute atomic E-state index is 0.0374. The Balaban J connectivity index is 1.48. The van der Waals surface area contributed by atoms with Crippen LogP contribution in [0.3, 0.4) is 0 Å². The molecule has 2 aromatic carbocycles. The molecule has 0 unspecified atom stereocenters. The third kappa shape index (κ3) is 5.11. The number of benzene rings is 2. The average Bonchev–Trinajstić information content (AvgIpc) is 3.27. The molecule has 0 atom stereocenters. The van der Waals surface area contributed by atoms with Gasteiger partial charge in [0, 0.05) is 26.1 Å². The summed E-state index contributed by atoms with van der Waals surface area (Å²) in [5.41, 5.74) is 1.95. The number of carbonyl (C=O) groups is 1. The van der Waals surface area contributed by atoms with Crippen LogP contribution in [0.25, 0.3) is 0 Å². The Morgan fingerprint density at radius 2 is 1.61 bits per heavy atom. The van der Waals surface area contributed by atoms with Crippen molar-refractivity contribution in [3.63, 3.8) is 0 Å². The average molecular weight is 403 g/mol. The Hall–Kier alpha value is -2.38. The predicted octanol–water partition coefficient (Wildman–Crippen LogP) is 2.73. The van der Waals surface area contributed by atoms with E-state index in [0.717, 1.165) is 29.7 Å². The van der Waals surface area contributed by atoms with E-state index in [4.69, 9.17) is 4.74 Å². The number of amides is 1. The molecule has 0 saturated carbocycles. The number of rotatable bonds is 8. The summed E-state index contributed by atoms with van der Waals surface area (Å²) < 4.78 is 31.7. The molecule has 1 N–H and O–H groups in total. The summed E-state index contributed by atoms with van der Waals surface area (Å²) in [5, 5.41) is 2.88. The molecule has 1 saturated heterocycles. The van der Waals surface area contributed by atoms with Gasteiger partial charge in [0.25, 0.3) is 0 Å². The van der Waals surface area contributed by atoms with Gasteiger partial charge in [0.2, 0.25) is 15.9 Å². The number of sulfonamides is 1. The van der Waals surface area contributed by atoms with Crippen LogP contribution in [0.2, 0.25) is 0 Å². The summed E-state index contributed by atoms with van der Waals surface area (Å²) in [4.78, 5) is 12.4. The molecule has 1 aliphatic rings. The number of hydrogen-bond acceptors (Lipinski definition) is 4. The first-order chi connectivity index (χ1) is 13.5. The molecular weight excluding hydrogens is 376 g/mol. The van der Waals surface area contributed by atoms with E-state index in [0.29, 0.717) is 37.4 Å². The van der Waals surface area contributed by atoms with Crippen LogP contribution in [0.15, 0.2) is 53.4 Å². The van der Waals surface area contributed by atoms with Crippen LogP contribution in [0, 0.1) is 0 Å². The van der Waals surface area contributed by atoms with Crippen LogP contribution in [0.5, 0.6) is 5.75 Å². The number of hydrogen-bond donors (Lipinski definition) is 1. The fourth-order valence-electron chi connectivity index (χ4n) is 3.20. The molecule has 7 heteroatoms. The first-order valence-corrected chi connectivity index (χ1v) is 10.9. The van der Waals surface area contributed by atoms with Gasteiger partial charge in [-0.2, -0.15) is 4.31 Å². The van der Waals surface area contributed by atoms with Crippen LogP contribution < -0.4 is 10.1 Å². The molecule has 1 fully saturated rings. The second-order valence-corrected chi connectivity index (χ2v) is 8.82. The largest absolute Gasteiger partial charge is 0.497 e. The number of nitrogens with zero attached hydrogens (tertiary/aromatic N) is 1. The summed E-state index contributed by atoms with van der Waals surface area (Å²) in [6.07, 6.45) is 2.89. The molecule has 1 amide bonds. The smallest absolute Gasteiger partial charge is 0.243 e. The van der Waals surface area contributed by atoms with E-state index in [1.807, 2.05) is 24.3 Å². The highest BCUT2D eigenvalue weighted by Gasteiger charge is 2.26. The molecule has 1 heterocycles. The molecule has 28 heavy (non-hydrogen) atoms. The summed E-state index contributed by atoms with van der Waals surface area (Å²) in [5.74, 6) is 0.757. The van der Waals surface area contributed by atoms with Gasteiger partial charge in [0.05, 0.1) is 12.0 Å². The lowest BCUT2D eigenvalue weighted by molar-refractivity contribution is -0.121. The van der Waals surface area contributed by atoms with Gasteiger partial charge in [-0.1, -0.05) is 24.3 Å². The van der Waals surface area contributed by atoms with E-state index in [-0.39, 0.29) is 5.91 Å². The summed E-state index contributed by atoms with van der Waals surface area (Å²) >= 11 is 0. The molecule has 1 aliphatic heterocycles. The first-order valence-electron chi connectivity index (χ1n) is 9.48. The van der Waals surface area contributed by atoms with Crippen molar-refractivity contribution in [3.8, 4) is 5.75 Å². The summed E-state index contributed by atoms with van der Waals surface area (Å²) in [6.45, 7) is 1.56. The highest BCUT2D eigenvalue weighted by atomic mass is 32.2. The standard InChI is InChI=1S/C21H26N2O4S/c1-27-19-9-4-17(5-10-19)8-13-21(24)22-16-18-6-11-20(12-7-18)28(25,26)23-14-2-3-15-23/h4-7,9-12H,2-3,8,13-16H2,1H3,(H,22,24). The van der Waals surface area contributed by atoms with Crippen LogP contribution in [0.4, 0.5) is 0 Å². The maximum atomic E-state index is 12.5. The Kier molecular flexibility index (Phi) is 6.70. The van der Waals surface area contributed by atoms with Crippen molar-refractivity contribution >= 4 is 15.9 Å². The van der Waals surface area contributed by atoms with Crippen molar-refractivity contribution in [1.29, 1.82) is 0 Å². The lowest BCUT2D eigenvalue weighted by atomic mass is 10.1. The number of nitrogens with one attached hydrogen (secondary N) is 1. The van der Waals surface area contributed by atoms with Gasteiger partial charge in [-0.25, -0.2) is 8.42 Å². The van der Waals surface area contributed by atoms with Crippen molar-refractivity contribution in [2.75, 3.05) is 20.2 Å². The Morgan fingerprint density at radius 3 is 2.21 bits per heavy atom. The molecule has 0 aromatic heterocycles. The van der Waals surface area contributed by atoms with Crippen LogP contribution in [-0.2, 0) is 27.8 Å². The third-order valence-electron chi connectivity index (χ3n) is 4.92. The zero-order chi connectivity index (χ0) is 20.0. The quantitative estimate of drug-likeness (QED) is 0.737. The van der Waals surface area contributed by atoms with Crippen molar-refractivity contribution < 1.29 is 17.9 Å². The second-order valence-electron chi connectivity index (χ2n) is 6.88. The molecule has 0 radical (unpaired) electrons. The lowest BCUT2D eigenvalue weighted by Crippen LogP contribution is -2.28. The van der Waals surface area contributed by atoms with E-state index in [1.165, 1.54) is 4.31 Å². The summed E-state index contributed by atoms with van der Waals surface area (Å²) in [6, 6.07) is 14.4. The van der Waals surface area contributed by atoms with E-state index >= 15 is 0 Å². The van der Waals surface area contributed by atoms with E-state index in [2.05, 4.69) is 5.32 Å². The zero-order valence-corrected chi connectivity index (χ0v) is 16.9. The van der Waals surface area contributed by atoms with Crippen molar-refractivity contribution in [2.45, 2.75) is 37.1 Å². The minimum atomic E-state index is -3.39. The molecule has 2 aromatic rings. The van der Waals surface area contributed by atoms with E-state index in [9.17, 15) is 13.2 Å². The van der Waals surface area contributed by atoms with Gasteiger partial charge in [0.15, 0.2) is 0 Å². The lowest BCUT2D eigenvalue weighted by Gasteiger charge is -2.15. The van der Waals surface area contributed by atoms with E-state index < -0.39 is 10.0 Å². The molecule has 3 rings (SSSR count). The minimum Gasteiger partial charge on any atom is -0.497 e. The van der Waals surface area contributed by atoms with Gasteiger partial charge >= 0.3 is 0 Å². The molecule has 0 spiro atoms. The van der Waals surface area contributed by atoms with Crippen LogP contribution in [0.1, 0.15) is 30.4 Å². The number of ether oxygens (including phenoxy) is 1. The van der Waals surface area contributed by atoms with Gasteiger partial charge in [-0.3, -0.25) is 4.79 Å². The number of aryl methyl sites for hydroxylation is 1. The fraction of sp³-hybridized carbons (Fsp3) is 0.381. The zero-order valence-electron chi connectivity index (χ0n) is 16.1. The van der Waals surface area contributed by atoms with Crippen molar-refractivity contribution in [1.82, 2.24) is 9.62 Å². The van der Waals surface area contributed by atoms with Crippen LogP contribution >= 0.6 is 0 Å². The Labute approximate surface area is 166 Å². The number of methoxy groups -OCH3 is 1. The topological polar surface area (TPSA) is 75.7 Å². The molecule has 150 valence electrons. The Bertz CT molecular complexity index is 887. The van der Waals surface area contributed by atoms with Gasteiger partial charge in [-0.05, 0) is 54.7 Å². The maximum Gasteiger partial charge on any atom is 0.243 e.